The molecule has 0 spiro atoms. The van der Waals surface area contributed by atoms with Crippen molar-refractivity contribution in [2.75, 3.05) is 4.90 Å². The van der Waals surface area contributed by atoms with Gasteiger partial charge in [-0.3, -0.25) is 9.59 Å². The van der Waals surface area contributed by atoms with Crippen molar-refractivity contribution in [3.63, 3.8) is 0 Å². The number of para-hydroxylation sites is 4. The third-order valence-electron chi connectivity index (χ3n) is 11.2. The van der Waals surface area contributed by atoms with E-state index in [1.54, 1.807) is 30.3 Å². The predicted molar refractivity (Wildman–Crippen MR) is 233 cm³/mol. The third-order valence-corrected chi connectivity index (χ3v) is 11.2. The predicted octanol–water partition coefficient (Wildman–Crippen LogP) is 12.8. The molecule has 0 saturated carbocycles. The summed E-state index contributed by atoms with van der Waals surface area (Å²) in [6.07, 6.45) is 1.75. The standard InChI is InChI=1S/C52H33N3O2/c56-51-42-23-13-14-24-43(42)52(57)46(51)29-34-25-27-40-44-32-50-45(33-49(44)54(47(40)30-34)37-19-9-3-10-20-37)41-28-26-39(31-48(41)55(50)38-21-11-4-12-22-38)53(35-15-5-1-6-16-35)36-17-7-2-8-18-36/h1-33H. The zero-order valence-corrected chi connectivity index (χ0v) is 30.7. The molecule has 10 aromatic rings. The molecule has 57 heavy (non-hydrogen) atoms. The fourth-order valence-electron chi connectivity index (χ4n) is 8.64. The summed E-state index contributed by atoms with van der Waals surface area (Å²) in [5.74, 6) is -0.455. The van der Waals surface area contributed by atoms with E-state index >= 15 is 0 Å². The maximum atomic E-state index is 13.4. The van der Waals surface area contributed by atoms with Crippen LogP contribution in [0.4, 0.5) is 17.1 Å². The Bertz CT molecular complexity index is 3180. The quantitative estimate of drug-likeness (QED) is 0.126. The van der Waals surface area contributed by atoms with Crippen LogP contribution >= 0.6 is 0 Å². The van der Waals surface area contributed by atoms with Crippen molar-refractivity contribution in [1.82, 2.24) is 9.13 Å². The number of fused-ring (bicyclic) bond motifs is 7. The lowest BCUT2D eigenvalue weighted by molar-refractivity contribution is 0.0990. The number of Topliss-reactive ketones (excluding diaryl/α,β-unsaturated/α-hetero) is 2. The number of carbonyl (C=O) groups excluding carboxylic acids is 2. The van der Waals surface area contributed by atoms with Crippen molar-refractivity contribution in [3.8, 4) is 11.4 Å². The van der Waals surface area contributed by atoms with E-state index in [1.165, 1.54) is 0 Å². The van der Waals surface area contributed by atoms with E-state index in [4.69, 9.17) is 0 Å². The van der Waals surface area contributed by atoms with E-state index in [-0.39, 0.29) is 17.1 Å². The highest BCUT2D eigenvalue weighted by molar-refractivity contribution is 6.41. The summed E-state index contributed by atoms with van der Waals surface area (Å²) < 4.78 is 4.67. The summed E-state index contributed by atoms with van der Waals surface area (Å²) in [6, 6.07) is 66.7. The average molecular weight is 732 g/mol. The number of rotatable bonds is 6. The Morgan fingerprint density at radius 1 is 0.368 bits per heavy atom. The van der Waals surface area contributed by atoms with Crippen LogP contribution in [0.5, 0.6) is 0 Å². The minimum atomic E-state index is -0.228. The van der Waals surface area contributed by atoms with Gasteiger partial charge in [-0.25, -0.2) is 0 Å². The number of benzene rings is 8. The van der Waals surface area contributed by atoms with Crippen LogP contribution in [0.2, 0.25) is 0 Å². The second kappa shape index (κ2) is 12.9. The maximum Gasteiger partial charge on any atom is 0.197 e. The molecule has 5 heteroatoms. The summed E-state index contributed by atoms with van der Waals surface area (Å²) in [5, 5.41) is 4.47. The van der Waals surface area contributed by atoms with Gasteiger partial charge >= 0.3 is 0 Å². The topological polar surface area (TPSA) is 47.2 Å². The SMILES string of the molecule is O=C1C(=Cc2ccc3c4cc5c(cc4n(-c4ccccc4)c3c2)c2ccc(N(c3ccccc3)c3ccccc3)cc2n5-c2ccccc2)C(=O)c2ccccc21. The zero-order chi connectivity index (χ0) is 38.0. The second-order valence-corrected chi connectivity index (χ2v) is 14.5. The van der Waals surface area contributed by atoms with Crippen molar-refractivity contribution in [3.05, 3.63) is 216 Å². The number of hydrogen-bond acceptors (Lipinski definition) is 3. The molecule has 0 fully saturated rings. The van der Waals surface area contributed by atoms with Gasteiger partial charge in [-0.15, -0.1) is 0 Å². The van der Waals surface area contributed by atoms with Crippen LogP contribution in [0.3, 0.4) is 0 Å². The van der Waals surface area contributed by atoms with Gasteiger partial charge in [-0.1, -0.05) is 115 Å². The number of carbonyl (C=O) groups is 2. The Labute approximate surface area is 328 Å². The van der Waals surface area contributed by atoms with Gasteiger partial charge in [0.1, 0.15) is 0 Å². The van der Waals surface area contributed by atoms with E-state index in [2.05, 4.69) is 160 Å². The number of ketones is 2. The lowest BCUT2D eigenvalue weighted by atomic mass is 10.0. The maximum absolute atomic E-state index is 13.4. The van der Waals surface area contributed by atoms with Crippen molar-refractivity contribution in [1.29, 1.82) is 0 Å². The molecule has 1 aliphatic carbocycles. The lowest BCUT2D eigenvalue weighted by Crippen LogP contribution is -2.09. The second-order valence-electron chi connectivity index (χ2n) is 14.5. The van der Waals surface area contributed by atoms with Gasteiger partial charge in [0.15, 0.2) is 11.6 Å². The molecule has 11 rings (SSSR count). The molecule has 0 saturated heterocycles. The van der Waals surface area contributed by atoms with Crippen LogP contribution in [0.1, 0.15) is 26.3 Å². The van der Waals surface area contributed by atoms with Crippen LogP contribution in [-0.4, -0.2) is 20.7 Å². The number of allylic oxidation sites excluding steroid dienone is 1. The smallest absolute Gasteiger partial charge is 0.197 e. The van der Waals surface area contributed by atoms with E-state index < -0.39 is 0 Å². The summed E-state index contributed by atoms with van der Waals surface area (Å²) in [5.41, 5.74) is 11.5. The Morgan fingerprint density at radius 3 is 1.30 bits per heavy atom. The van der Waals surface area contributed by atoms with Gasteiger partial charge in [0.05, 0.1) is 27.6 Å². The molecule has 1 aliphatic rings. The molecule has 2 heterocycles. The first-order valence-electron chi connectivity index (χ1n) is 19.1. The fourth-order valence-corrected chi connectivity index (χ4v) is 8.64. The molecular weight excluding hydrogens is 699 g/mol. The molecular formula is C52H33N3O2. The Hall–Kier alpha value is -7.76. The van der Waals surface area contributed by atoms with Crippen LogP contribution in [0, 0.1) is 0 Å². The molecule has 0 radical (unpaired) electrons. The van der Waals surface area contributed by atoms with Crippen molar-refractivity contribution in [2.24, 2.45) is 0 Å². The monoisotopic (exact) mass is 731 g/mol. The minimum absolute atomic E-state index is 0.199. The van der Waals surface area contributed by atoms with Crippen molar-refractivity contribution < 1.29 is 9.59 Å². The van der Waals surface area contributed by atoms with Gasteiger partial charge in [0.25, 0.3) is 0 Å². The summed E-state index contributed by atoms with van der Waals surface area (Å²) >= 11 is 0. The van der Waals surface area contributed by atoms with Crippen LogP contribution < -0.4 is 4.90 Å². The molecule has 0 unspecified atom stereocenters. The molecule has 0 N–H and O–H groups in total. The van der Waals surface area contributed by atoms with Crippen LogP contribution in [0.15, 0.2) is 200 Å². The minimum Gasteiger partial charge on any atom is -0.310 e. The van der Waals surface area contributed by atoms with E-state index in [1.807, 2.05) is 24.3 Å². The fraction of sp³-hybridized carbons (Fsp3) is 0. The largest absolute Gasteiger partial charge is 0.310 e. The molecule has 5 nitrogen and oxygen atoms in total. The molecule has 0 bridgehead atoms. The molecule has 0 aliphatic heterocycles. The summed E-state index contributed by atoms with van der Waals surface area (Å²) in [4.78, 5) is 29.0. The highest BCUT2D eigenvalue weighted by Crippen LogP contribution is 2.43. The van der Waals surface area contributed by atoms with Gasteiger partial charge < -0.3 is 14.0 Å². The molecule has 0 amide bonds. The first-order chi connectivity index (χ1) is 28.1. The zero-order valence-electron chi connectivity index (χ0n) is 30.7. The Kier molecular flexibility index (Phi) is 7.41. The van der Waals surface area contributed by atoms with Crippen molar-refractivity contribution in [2.45, 2.75) is 0 Å². The van der Waals surface area contributed by atoms with Crippen LogP contribution in [-0.2, 0) is 0 Å². The number of nitrogens with zero attached hydrogens (tertiary/aromatic N) is 3. The highest BCUT2D eigenvalue weighted by atomic mass is 16.2. The summed E-state index contributed by atoms with van der Waals surface area (Å²) in [7, 11) is 0. The lowest BCUT2D eigenvalue weighted by Gasteiger charge is -2.25. The molecule has 8 aromatic carbocycles. The molecule has 268 valence electrons. The number of anilines is 3. The van der Waals surface area contributed by atoms with E-state index in [0.717, 1.165) is 77.6 Å². The van der Waals surface area contributed by atoms with Crippen LogP contribution in [0.25, 0.3) is 61.1 Å². The number of aromatic nitrogens is 2. The average Bonchev–Trinajstić information content (AvgIpc) is 3.85. The first kappa shape index (κ1) is 32.7. The Balaban J connectivity index is 1.17. The van der Waals surface area contributed by atoms with Gasteiger partial charge in [-0.05, 0) is 90.5 Å². The normalized spacial score (nSPS) is 12.6. The van der Waals surface area contributed by atoms with Gasteiger partial charge in [-0.2, -0.15) is 0 Å². The van der Waals surface area contributed by atoms with E-state index in [9.17, 15) is 9.59 Å². The molecule has 2 aromatic heterocycles. The molecule has 0 atom stereocenters. The Morgan fingerprint density at radius 2 is 0.789 bits per heavy atom. The highest BCUT2D eigenvalue weighted by Gasteiger charge is 2.32. The van der Waals surface area contributed by atoms with E-state index in [0.29, 0.717) is 11.1 Å². The first-order valence-corrected chi connectivity index (χ1v) is 19.1. The van der Waals surface area contributed by atoms with Crippen molar-refractivity contribution >= 4 is 78.3 Å². The number of hydrogen-bond donors (Lipinski definition) is 0. The van der Waals surface area contributed by atoms with Gasteiger partial charge in [0.2, 0.25) is 0 Å². The van der Waals surface area contributed by atoms with Gasteiger partial charge in [0, 0.05) is 61.1 Å². The summed E-state index contributed by atoms with van der Waals surface area (Å²) in [6.45, 7) is 0. The third kappa shape index (κ3) is 5.17.